The Morgan fingerprint density at radius 1 is 1.28 bits per heavy atom. The van der Waals surface area contributed by atoms with E-state index in [-0.39, 0.29) is 11.9 Å². The minimum atomic E-state index is -0.0290. The average molecular weight is 353 g/mol. The number of hydrogen-bond acceptors (Lipinski definition) is 4. The van der Waals surface area contributed by atoms with Gasteiger partial charge in [-0.2, -0.15) is 11.3 Å². The normalized spacial score (nSPS) is 16.6. The summed E-state index contributed by atoms with van der Waals surface area (Å²) in [5.74, 6) is 1.80. The monoisotopic (exact) mass is 353 g/mol. The molecule has 1 atom stereocenters. The van der Waals surface area contributed by atoms with Crippen molar-refractivity contribution < 1.29 is 9.53 Å². The first kappa shape index (κ1) is 15.9. The molecule has 0 saturated heterocycles. The second-order valence-electron chi connectivity index (χ2n) is 6.16. The van der Waals surface area contributed by atoms with E-state index in [9.17, 15) is 4.79 Å². The highest BCUT2D eigenvalue weighted by Crippen LogP contribution is 2.32. The lowest BCUT2D eigenvalue weighted by Gasteiger charge is -2.37. The summed E-state index contributed by atoms with van der Waals surface area (Å²) in [6.45, 7) is 3.28. The second-order valence-corrected chi connectivity index (χ2v) is 6.94. The van der Waals surface area contributed by atoms with Gasteiger partial charge in [-0.05, 0) is 36.1 Å². The Bertz CT molecular complexity index is 884. The Labute approximate surface area is 150 Å². The van der Waals surface area contributed by atoms with Crippen LogP contribution in [0.4, 0.5) is 0 Å². The van der Waals surface area contributed by atoms with Gasteiger partial charge in [0.15, 0.2) is 0 Å². The molecule has 0 bridgehead atoms. The summed E-state index contributed by atoms with van der Waals surface area (Å²) in [5.41, 5.74) is 2.96. The van der Waals surface area contributed by atoms with Gasteiger partial charge < -0.3 is 14.2 Å². The topological polar surface area (TPSA) is 47.4 Å². The number of methoxy groups -OCH3 is 1. The van der Waals surface area contributed by atoms with Crippen LogP contribution in [0, 0.1) is 6.92 Å². The number of imidazole rings is 1. The van der Waals surface area contributed by atoms with E-state index in [2.05, 4.69) is 16.5 Å². The summed E-state index contributed by atoms with van der Waals surface area (Å²) >= 11 is 1.54. The Morgan fingerprint density at radius 3 is 2.76 bits per heavy atom. The number of rotatable bonds is 3. The molecule has 3 heterocycles. The van der Waals surface area contributed by atoms with Gasteiger partial charge in [0.2, 0.25) is 0 Å². The summed E-state index contributed by atoms with van der Waals surface area (Å²) in [6, 6.07) is 9.81. The molecule has 1 amide bonds. The molecule has 2 aromatic heterocycles. The highest BCUT2D eigenvalue weighted by atomic mass is 32.1. The number of fused-ring (bicyclic) bond motifs is 1. The molecule has 0 unspecified atom stereocenters. The largest absolute Gasteiger partial charge is 0.497 e. The molecule has 1 aromatic carbocycles. The molecule has 6 heteroatoms. The molecule has 1 aliphatic heterocycles. The summed E-state index contributed by atoms with van der Waals surface area (Å²) in [5, 5.41) is 3.84. The number of ether oxygens (including phenoxy) is 1. The molecule has 0 spiro atoms. The highest BCUT2D eigenvalue weighted by molar-refractivity contribution is 7.08. The average Bonchev–Trinajstić information content (AvgIpc) is 3.31. The van der Waals surface area contributed by atoms with E-state index in [1.165, 1.54) is 11.3 Å². The number of carbonyl (C=O) groups is 1. The fraction of sp³-hybridized carbons (Fsp3) is 0.263. The van der Waals surface area contributed by atoms with E-state index >= 15 is 0 Å². The summed E-state index contributed by atoms with van der Waals surface area (Å²) in [6.07, 6.45) is 1.87. The lowest BCUT2D eigenvalue weighted by molar-refractivity contribution is 0.0583. The molecule has 0 N–H and O–H groups in total. The van der Waals surface area contributed by atoms with Gasteiger partial charge in [-0.25, -0.2) is 4.98 Å². The van der Waals surface area contributed by atoms with E-state index < -0.39 is 0 Å². The third-order valence-corrected chi connectivity index (χ3v) is 5.39. The van der Waals surface area contributed by atoms with E-state index in [0.717, 1.165) is 28.4 Å². The molecule has 0 radical (unpaired) electrons. The quantitative estimate of drug-likeness (QED) is 0.722. The number of benzene rings is 1. The van der Waals surface area contributed by atoms with Crippen LogP contribution in [0.15, 0.2) is 47.3 Å². The van der Waals surface area contributed by atoms with E-state index in [0.29, 0.717) is 13.1 Å². The Morgan fingerprint density at radius 2 is 2.08 bits per heavy atom. The first-order chi connectivity index (χ1) is 12.2. The van der Waals surface area contributed by atoms with Gasteiger partial charge in [-0.15, -0.1) is 0 Å². The lowest BCUT2D eigenvalue weighted by atomic mass is 10.0. The van der Waals surface area contributed by atoms with Crippen molar-refractivity contribution in [2.45, 2.75) is 26.1 Å². The van der Waals surface area contributed by atoms with Gasteiger partial charge in [0.25, 0.3) is 5.91 Å². The standard InChI is InChI=1S/C19H19N3O2S/c1-13-9-20-18-11-22(19(23)15-7-8-25-12-15)17(10-21(13)18)14-3-5-16(24-2)6-4-14/h3-9,12,17H,10-11H2,1-2H3/t17-/m1/s1. The maximum atomic E-state index is 13.1. The molecule has 3 aromatic rings. The number of aromatic nitrogens is 2. The highest BCUT2D eigenvalue weighted by Gasteiger charge is 2.33. The first-order valence-electron chi connectivity index (χ1n) is 8.15. The molecule has 0 aliphatic carbocycles. The predicted molar refractivity (Wildman–Crippen MR) is 96.9 cm³/mol. The fourth-order valence-electron chi connectivity index (χ4n) is 3.30. The zero-order valence-electron chi connectivity index (χ0n) is 14.2. The maximum Gasteiger partial charge on any atom is 0.255 e. The summed E-state index contributed by atoms with van der Waals surface area (Å²) in [7, 11) is 1.66. The van der Waals surface area contributed by atoms with Gasteiger partial charge in [0.1, 0.15) is 11.6 Å². The molecule has 4 rings (SSSR count). The van der Waals surface area contributed by atoms with Crippen LogP contribution in [0.2, 0.25) is 0 Å². The van der Waals surface area contributed by atoms with Gasteiger partial charge in [-0.3, -0.25) is 4.79 Å². The predicted octanol–water partition coefficient (Wildman–Crippen LogP) is 3.66. The molecule has 0 fully saturated rings. The molecule has 1 aliphatic rings. The molecule has 0 saturated carbocycles. The Hall–Kier alpha value is -2.60. The number of nitrogens with zero attached hydrogens (tertiary/aromatic N) is 3. The zero-order valence-corrected chi connectivity index (χ0v) is 15.0. The van der Waals surface area contributed by atoms with E-state index in [4.69, 9.17) is 4.74 Å². The van der Waals surface area contributed by atoms with Crippen molar-refractivity contribution in [3.63, 3.8) is 0 Å². The minimum absolute atomic E-state index is 0.0290. The van der Waals surface area contributed by atoms with Crippen LogP contribution >= 0.6 is 11.3 Å². The van der Waals surface area contributed by atoms with E-state index in [1.54, 1.807) is 7.11 Å². The third kappa shape index (κ3) is 2.82. The zero-order chi connectivity index (χ0) is 17.4. The second kappa shape index (κ2) is 6.37. The Balaban J connectivity index is 1.74. The van der Waals surface area contributed by atoms with Crippen LogP contribution in [0.1, 0.15) is 33.5 Å². The van der Waals surface area contributed by atoms with Crippen LogP contribution in [0.25, 0.3) is 0 Å². The SMILES string of the molecule is COc1ccc([C@H]2Cn3c(C)cnc3CN2C(=O)c2ccsc2)cc1. The van der Waals surface area contributed by atoms with Crippen LogP contribution < -0.4 is 4.74 Å². The van der Waals surface area contributed by atoms with Crippen LogP contribution in [-0.2, 0) is 13.1 Å². The lowest BCUT2D eigenvalue weighted by Crippen LogP contribution is -2.41. The van der Waals surface area contributed by atoms with Crippen molar-refractivity contribution in [2.24, 2.45) is 0 Å². The number of carbonyl (C=O) groups excluding carboxylic acids is 1. The summed E-state index contributed by atoms with van der Waals surface area (Å²) in [4.78, 5) is 19.5. The van der Waals surface area contributed by atoms with E-state index in [1.807, 2.05) is 52.2 Å². The number of thiophene rings is 1. The van der Waals surface area contributed by atoms with Crippen molar-refractivity contribution in [3.8, 4) is 5.75 Å². The van der Waals surface area contributed by atoms with Gasteiger partial charge in [0.05, 0.1) is 25.3 Å². The number of amides is 1. The van der Waals surface area contributed by atoms with Gasteiger partial charge in [0, 0.05) is 23.8 Å². The summed E-state index contributed by atoms with van der Waals surface area (Å²) < 4.78 is 7.46. The first-order valence-corrected chi connectivity index (χ1v) is 9.10. The van der Waals surface area contributed by atoms with Gasteiger partial charge >= 0.3 is 0 Å². The van der Waals surface area contributed by atoms with Crippen LogP contribution in [0.3, 0.4) is 0 Å². The third-order valence-electron chi connectivity index (χ3n) is 4.71. The molecule has 128 valence electrons. The number of hydrogen-bond donors (Lipinski definition) is 0. The van der Waals surface area contributed by atoms with Crippen molar-refractivity contribution in [3.05, 3.63) is 69.9 Å². The maximum absolute atomic E-state index is 13.1. The van der Waals surface area contributed by atoms with Crippen molar-refractivity contribution >= 4 is 17.2 Å². The molecular weight excluding hydrogens is 334 g/mol. The molecule has 5 nitrogen and oxygen atoms in total. The number of aryl methyl sites for hydroxylation is 1. The van der Waals surface area contributed by atoms with Crippen molar-refractivity contribution in [2.75, 3.05) is 7.11 Å². The smallest absolute Gasteiger partial charge is 0.255 e. The van der Waals surface area contributed by atoms with Crippen molar-refractivity contribution in [1.29, 1.82) is 0 Å². The van der Waals surface area contributed by atoms with Crippen molar-refractivity contribution in [1.82, 2.24) is 14.5 Å². The van der Waals surface area contributed by atoms with Crippen LogP contribution in [0.5, 0.6) is 5.75 Å². The Kier molecular flexibility index (Phi) is 4.05. The fourth-order valence-corrected chi connectivity index (χ4v) is 3.93. The minimum Gasteiger partial charge on any atom is -0.497 e. The molecular formula is C19H19N3O2S. The molecule has 25 heavy (non-hydrogen) atoms. The van der Waals surface area contributed by atoms with Gasteiger partial charge in [-0.1, -0.05) is 12.1 Å². The van der Waals surface area contributed by atoms with Crippen LogP contribution in [-0.4, -0.2) is 27.5 Å².